The smallest absolute Gasteiger partial charge is 0.131 e. The first kappa shape index (κ1) is 12.1. The third-order valence-electron chi connectivity index (χ3n) is 1.99. The molecule has 0 saturated heterocycles. The third-order valence-corrected chi connectivity index (χ3v) is 4.49. The quantitative estimate of drug-likeness (QED) is 0.941. The maximum absolute atomic E-state index is 4.31. The summed E-state index contributed by atoms with van der Waals surface area (Å²) in [6.07, 6.45) is 1.83. The monoisotopic (exact) mass is 318 g/mol. The fourth-order valence-corrected chi connectivity index (χ4v) is 3.13. The van der Waals surface area contributed by atoms with Crippen molar-refractivity contribution in [2.75, 3.05) is 0 Å². The van der Waals surface area contributed by atoms with Gasteiger partial charge in [0, 0.05) is 0 Å². The first-order chi connectivity index (χ1) is 7.65. The summed E-state index contributed by atoms with van der Waals surface area (Å²) in [6, 6.07) is 0.237. The molecule has 0 aliphatic carbocycles. The second-order valence-corrected chi connectivity index (χ2v) is 7.03. The number of halogens is 1. The van der Waals surface area contributed by atoms with Gasteiger partial charge in [0.05, 0.1) is 22.6 Å². The van der Waals surface area contributed by atoms with Crippen LogP contribution in [0.4, 0.5) is 0 Å². The van der Waals surface area contributed by atoms with Crippen LogP contribution in [0.25, 0.3) is 0 Å². The van der Waals surface area contributed by atoms with Crippen molar-refractivity contribution in [3.63, 3.8) is 0 Å². The van der Waals surface area contributed by atoms with Crippen LogP contribution in [0.15, 0.2) is 9.98 Å². The molecule has 7 heteroatoms. The maximum Gasteiger partial charge on any atom is 0.131 e. The van der Waals surface area contributed by atoms with Crippen LogP contribution in [0.1, 0.15) is 28.0 Å². The van der Waals surface area contributed by atoms with Crippen LogP contribution >= 0.6 is 38.6 Å². The fourth-order valence-electron chi connectivity index (χ4n) is 1.20. The number of hydrogen-bond acceptors (Lipinski definition) is 6. The molecule has 0 fully saturated rings. The Morgan fingerprint density at radius 2 is 2.25 bits per heavy atom. The van der Waals surface area contributed by atoms with E-state index in [0.717, 1.165) is 25.4 Å². The average molecular weight is 319 g/mol. The van der Waals surface area contributed by atoms with Gasteiger partial charge in [-0.05, 0) is 29.8 Å². The van der Waals surface area contributed by atoms with Gasteiger partial charge in [-0.1, -0.05) is 0 Å². The van der Waals surface area contributed by atoms with Crippen molar-refractivity contribution >= 4 is 38.6 Å². The van der Waals surface area contributed by atoms with Crippen LogP contribution in [0, 0.1) is 6.92 Å². The van der Waals surface area contributed by atoms with Crippen LogP contribution in [-0.2, 0) is 6.54 Å². The van der Waals surface area contributed by atoms with Gasteiger partial charge in [0.1, 0.15) is 15.0 Å². The molecule has 2 aromatic rings. The van der Waals surface area contributed by atoms with E-state index in [0.29, 0.717) is 0 Å². The molecule has 0 spiro atoms. The lowest BCUT2D eigenvalue weighted by Crippen LogP contribution is -2.17. The van der Waals surface area contributed by atoms with E-state index in [-0.39, 0.29) is 6.04 Å². The molecule has 1 atom stereocenters. The van der Waals surface area contributed by atoms with Crippen LogP contribution in [-0.4, -0.2) is 15.2 Å². The van der Waals surface area contributed by atoms with Crippen LogP contribution in [0.3, 0.4) is 0 Å². The predicted octanol–water partition coefficient (Wildman–Crippen LogP) is 2.92. The minimum Gasteiger partial charge on any atom is -0.302 e. The van der Waals surface area contributed by atoms with Crippen LogP contribution < -0.4 is 5.32 Å². The second-order valence-electron chi connectivity index (χ2n) is 3.32. The summed E-state index contributed by atoms with van der Waals surface area (Å²) < 4.78 is 1.06. The molecule has 0 amide bonds. The highest BCUT2D eigenvalue weighted by Crippen LogP contribution is 2.24. The Labute approximate surface area is 110 Å². The summed E-state index contributed by atoms with van der Waals surface area (Å²) in [5.41, 5.74) is 0. The average Bonchev–Trinajstić information content (AvgIpc) is 2.84. The first-order valence-electron chi connectivity index (χ1n) is 4.78. The molecule has 1 unspecified atom stereocenters. The molecule has 2 rings (SSSR count). The molecule has 4 nitrogen and oxygen atoms in total. The van der Waals surface area contributed by atoms with E-state index < -0.39 is 0 Å². The Morgan fingerprint density at radius 1 is 1.44 bits per heavy atom. The van der Waals surface area contributed by atoms with E-state index >= 15 is 0 Å². The number of thiazole rings is 1. The van der Waals surface area contributed by atoms with Crippen molar-refractivity contribution in [3.8, 4) is 0 Å². The van der Waals surface area contributed by atoms with Crippen molar-refractivity contribution in [2.24, 2.45) is 0 Å². The molecule has 1 N–H and O–H groups in total. The van der Waals surface area contributed by atoms with Gasteiger partial charge in [0.15, 0.2) is 0 Å². The van der Waals surface area contributed by atoms with Crippen LogP contribution in [0.2, 0.25) is 0 Å². The van der Waals surface area contributed by atoms with Gasteiger partial charge in [-0.25, -0.2) is 4.98 Å². The van der Waals surface area contributed by atoms with E-state index in [1.165, 1.54) is 0 Å². The number of hydrogen-bond donors (Lipinski definition) is 1. The van der Waals surface area contributed by atoms with E-state index in [4.69, 9.17) is 0 Å². The summed E-state index contributed by atoms with van der Waals surface area (Å²) >= 11 is 6.67. The molecule has 86 valence electrons. The van der Waals surface area contributed by atoms with Crippen molar-refractivity contribution < 1.29 is 0 Å². The standard InChI is InChI=1S/C9H11BrN4S2/c1-5(9-12-3-7(10)16-9)11-4-8-14-13-6(2)15-8/h3,5,11H,4H2,1-2H3. The molecular weight excluding hydrogens is 308 g/mol. The summed E-state index contributed by atoms with van der Waals surface area (Å²) in [7, 11) is 0. The Balaban J connectivity index is 1.91. The van der Waals surface area contributed by atoms with E-state index in [1.807, 2.05) is 13.1 Å². The minimum atomic E-state index is 0.237. The molecule has 16 heavy (non-hydrogen) atoms. The molecule has 2 aromatic heterocycles. The highest BCUT2D eigenvalue weighted by atomic mass is 79.9. The summed E-state index contributed by atoms with van der Waals surface area (Å²) in [5.74, 6) is 0. The Kier molecular flexibility index (Phi) is 4.01. The zero-order chi connectivity index (χ0) is 11.5. The third kappa shape index (κ3) is 3.07. The Bertz CT molecular complexity index is 468. The normalized spacial score (nSPS) is 12.9. The van der Waals surface area contributed by atoms with Crippen molar-refractivity contribution in [1.29, 1.82) is 0 Å². The SMILES string of the molecule is Cc1nnc(CNC(C)c2ncc(Br)s2)s1. The highest BCUT2D eigenvalue weighted by molar-refractivity contribution is 9.11. The zero-order valence-electron chi connectivity index (χ0n) is 8.90. The molecule has 0 aromatic carbocycles. The Morgan fingerprint density at radius 3 is 2.81 bits per heavy atom. The molecule has 0 saturated carbocycles. The van der Waals surface area contributed by atoms with Gasteiger partial charge in [-0.15, -0.1) is 32.9 Å². The number of nitrogens with one attached hydrogen (secondary N) is 1. The topological polar surface area (TPSA) is 50.7 Å². The van der Waals surface area contributed by atoms with Gasteiger partial charge in [0.2, 0.25) is 0 Å². The van der Waals surface area contributed by atoms with Gasteiger partial charge in [-0.3, -0.25) is 0 Å². The number of nitrogens with zero attached hydrogens (tertiary/aromatic N) is 3. The van der Waals surface area contributed by atoms with Gasteiger partial charge in [0.25, 0.3) is 0 Å². The van der Waals surface area contributed by atoms with E-state index in [1.54, 1.807) is 22.7 Å². The summed E-state index contributed by atoms with van der Waals surface area (Å²) in [5, 5.41) is 14.5. The lowest BCUT2D eigenvalue weighted by Gasteiger charge is -2.08. The summed E-state index contributed by atoms with van der Waals surface area (Å²) in [6.45, 7) is 4.80. The molecule has 0 radical (unpaired) electrons. The second kappa shape index (κ2) is 5.31. The molecule has 2 heterocycles. The number of aryl methyl sites for hydroxylation is 1. The highest BCUT2D eigenvalue weighted by Gasteiger charge is 2.10. The zero-order valence-corrected chi connectivity index (χ0v) is 12.1. The van der Waals surface area contributed by atoms with Crippen molar-refractivity contribution in [1.82, 2.24) is 20.5 Å². The summed E-state index contributed by atoms with van der Waals surface area (Å²) in [4.78, 5) is 4.31. The molecular formula is C9H11BrN4S2. The minimum absolute atomic E-state index is 0.237. The lowest BCUT2D eigenvalue weighted by atomic mass is 10.3. The molecule has 0 aliphatic heterocycles. The first-order valence-corrected chi connectivity index (χ1v) is 7.21. The van der Waals surface area contributed by atoms with Crippen LogP contribution in [0.5, 0.6) is 0 Å². The largest absolute Gasteiger partial charge is 0.302 e. The predicted molar refractivity (Wildman–Crippen MR) is 69.7 cm³/mol. The molecule has 0 aliphatic rings. The van der Waals surface area contributed by atoms with Gasteiger partial charge >= 0.3 is 0 Å². The molecule has 0 bridgehead atoms. The lowest BCUT2D eigenvalue weighted by molar-refractivity contribution is 0.568. The fraction of sp³-hybridized carbons (Fsp3) is 0.444. The van der Waals surface area contributed by atoms with Crippen molar-refractivity contribution in [3.05, 3.63) is 25.0 Å². The van der Waals surface area contributed by atoms with Gasteiger partial charge < -0.3 is 5.32 Å². The van der Waals surface area contributed by atoms with E-state index in [9.17, 15) is 0 Å². The Hall–Kier alpha value is -0.370. The number of rotatable bonds is 4. The number of aromatic nitrogens is 3. The maximum atomic E-state index is 4.31. The van der Waals surface area contributed by atoms with Gasteiger partial charge in [-0.2, -0.15) is 0 Å². The van der Waals surface area contributed by atoms with E-state index in [2.05, 4.69) is 43.4 Å². The van der Waals surface area contributed by atoms with Crippen molar-refractivity contribution in [2.45, 2.75) is 26.4 Å².